The Kier molecular flexibility index (Phi) is 2.51. The first-order chi connectivity index (χ1) is 6.79. The number of aryl methyl sites for hydroxylation is 1. The third-order valence-corrected chi connectivity index (χ3v) is 3.24. The van der Waals surface area contributed by atoms with Crippen molar-refractivity contribution in [3.05, 3.63) is 39.4 Å². The predicted octanol–water partition coefficient (Wildman–Crippen LogP) is 3.44. The number of thiophene rings is 1. The summed E-state index contributed by atoms with van der Waals surface area (Å²) >= 11 is 1.78. The maximum Gasteiger partial charge on any atom is 0.131 e. The molecule has 2 rings (SSSR count). The van der Waals surface area contributed by atoms with Crippen molar-refractivity contribution >= 4 is 22.7 Å². The van der Waals surface area contributed by atoms with E-state index >= 15 is 0 Å². The van der Waals surface area contributed by atoms with Gasteiger partial charge in [-0.1, -0.05) is 12.7 Å². The van der Waals surface area contributed by atoms with Crippen LogP contribution < -0.4 is 0 Å². The molecule has 2 heterocycles. The van der Waals surface area contributed by atoms with Crippen molar-refractivity contribution in [3.8, 4) is 0 Å². The Bertz CT molecular complexity index is 478. The van der Waals surface area contributed by atoms with E-state index in [1.54, 1.807) is 11.3 Å². The molecule has 0 saturated carbocycles. The maximum absolute atomic E-state index is 4.41. The summed E-state index contributed by atoms with van der Waals surface area (Å²) in [6, 6.07) is 4.26. The van der Waals surface area contributed by atoms with Crippen molar-refractivity contribution in [2.24, 2.45) is 4.99 Å². The Labute approximate surface area is 87.8 Å². The highest BCUT2D eigenvalue weighted by atomic mass is 32.1. The number of hydrogen-bond donors (Lipinski definition) is 0. The lowest BCUT2D eigenvalue weighted by molar-refractivity contribution is 1.19. The summed E-state index contributed by atoms with van der Waals surface area (Å²) in [6.45, 7) is 4.14. The second kappa shape index (κ2) is 3.81. The molecule has 0 bridgehead atoms. The van der Waals surface area contributed by atoms with E-state index in [1.165, 1.54) is 9.75 Å². The van der Waals surface area contributed by atoms with Crippen molar-refractivity contribution in [1.29, 1.82) is 0 Å². The van der Waals surface area contributed by atoms with Gasteiger partial charge in [0.1, 0.15) is 5.70 Å². The minimum absolute atomic E-state index is 0.912. The Morgan fingerprint density at radius 1 is 1.43 bits per heavy atom. The van der Waals surface area contributed by atoms with E-state index in [4.69, 9.17) is 0 Å². The van der Waals surface area contributed by atoms with Gasteiger partial charge in [0, 0.05) is 16.7 Å². The maximum atomic E-state index is 4.41. The second-order valence-electron chi connectivity index (χ2n) is 3.13. The second-order valence-corrected chi connectivity index (χ2v) is 4.30. The molecule has 1 aromatic heterocycles. The predicted molar refractivity (Wildman–Crippen MR) is 61.8 cm³/mol. The van der Waals surface area contributed by atoms with E-state index in [2.05, 4.69) is 35.5 Å². The van der Waals surface area contributed by atoms with Crippen LogP contribution in [0.25, 0.3) is 5.70 Å². The van der Waals surface area contributed by atoms with E-state index < -0.39 is 0 Å². The largest absolute Gasteiger partial charge is 0.242 e. The molecule has 14 heavy (non-hydrogen) atoms. The van der Waals surface area contributed by atoms with Gasteiger partial charge in [-0.15, -0.1) is 11.3 Å². The van der Waals surface area contributed by atoms with Gasteiger partial charge >= 0.3 is 0 Å². The van der Waals surface area contributed by atoms with Crippen LogP contribution in [-0.4, -0.2) is 5.71 Å². The highest BCUT2D eigenvalue weighted by Gasteiger charge is 2.04. The normalized spacial score (nSPS) is 14.1. The Morgan fingerprint density at radius 2 is 2.29 bits per heavy atom. The summed E-state index contributed by atoms with van der Waals surface area (Å²) < 4.78 is 0. The van der Waals surface area contributed by atoms with Gasteiger partial charge in [-0.25, -0.2) is 4.99 Å². The number of aliphatic imine (C=N–C) groups is 1. The van der Waals surface area contributed by atoms with E-state index in [1.807, 2.05) is 13.0 Å². The average Bonchev–Trinajstić information content (AvgIpc) is 2.66. The summed E-state index contributed by atoms with van der Waals surface area (Å²) in [4.78, 5) is 6.98. The van der Waals surface area contributed by atoms with Crippen molar-refractivity contribution in [2.45, 2.75) is 20.3 Å². The van der Waals surface area contributed by atoms with Crippen LogP contribution in [-0.2, 0) is 6.42 Å². The molecule has 0 N–H and O–H groups in total. The van der Waals surface area contributed by atoms with Gasteiger partial charge in [0.25, 0.3) is 0 Å². The van der Waals surface area contributed by atoms with Crippen LogP contribution in [0.1, 0.15) is 23.6 Å². The standard InChI is InChI=1S/C12H11NS/c1-3-10-7-8-12(14-10)11-6-4-5-9(2)13-11/h5,7-8H,3H2,1-2H3. The molecule has 0 spiro atoms. The molecule has 0 saturated heterocycles. The fourth-order valence-electron chi connectivity index (χ4n) is 1.26. The van der Waals surface area contributed by atoms with Crippen LogP contribution in [0.4, 0.5) is 0 Å². The molecule has 0 radical (unpaired) electrons. The molecule has 1 aromatic rings. The summed E-state index contributed by atoms with van der Waals surface area (Å²) in [6.07, 6.45) is 2.93. The Morgan fingerprint density at radius 3 is 2.93 bits per heavy atom. The fourth-order valence-corrected chi connectivity index (χ4v) is 2.15. The molecule has 0 fully saturated rings. The molecule has 1 aliphatic heterocycles. The van der Waals surface area contributed by atoms with Crippen LogP contribution in [0.5, 0.6) is 0 Å². The molecule has 1 nitrogen and oxygen atoms in total. The van der Waals surface area contributed by atoms with Gasteiger partial charge in [-0.3, -0.25) is 0 Å². The first kappa shape index (κ1) is 9.23. The lowest BCUT2D eigenvalue weighted by Gasteiger charge is -1.97. The molecular formula is C12H11NS. The van der Waals surface area contributed by atoms with Crippen molar-refractivity contribution in [1.82, 2.24) is 0 Å². The summed E-state index contributed by atoms with van der Waals surface area (Å²) in [5.74, 6) is 0. The summed E-state index contributed by atoms with van der Waals surface area (Å²) in [5.41, 5.74) is 7.91. The van der Waals surface area contributed by atoms with Crippen molar-refractivity contribution in [2.75, 3.05) is 0 Å². The number of allylic oxidation sites excluding steroid dienone is 1. The van der Waals surface area contributed by atoms with Crippen LogP contribution in [0.3, 0.4) is 0 Å². The molecule has 70 valence electrons. The molecule has 0 aliphatic carbocycles. The first-order valence-corrected chi connectivity index (χ1v) is 5.47. The quantitative estimate of drug-likeness (QED) is 0.650. The molecule has 0 atom stereocenters. The van der Waals surface area contributed by atoms with Crippen molar-refractivity contribution < 1.29 is 0 Å². The van der Waals surface area contributed by atoms with E-state index in [-0.39, 0.29) is 0 Å². The topological polar surface area (TPSA) is 12.4 Å². The molecule has 0 aromatic carbocycles. The Balaban J connectivity index is 2.41. The highest BCUT2D eigenvalue weighted by molar-refractivity contribution is 7.13. The zero-order valence-corrected chi connectivity index (χ0v) is 9.11. The molecular weight excluding hydrogens is 190 g/mol. The first-order valence-electron chi connectivity index (χ1n) is 4.65. The molecule has 2 heteroatoms. The van der Waals surface area contributed by atoms with Gasteiger partial charge in [-0.05, 0) is 31.2 Å². The van der Waals surface area contributed by atoms with Crippen LogP contribution >= 0.6 is 11.3 Å². The Hall–Kier alpha value is -1.33. The fraction of sp³-hybridized carbons (Fsp3) is 0.250. The van der Waals surface area contributed by atoms with Crippen LogP contribution in [0, 0.1) is 0 Å². The third kappa shape index (κ3) is 1.78. The minimum atomic E-state index is 0.912. The van der Waals surface area contributed by atoms with Gasteiger partial charge in [0.15, 0.2) is 0 Å². The van der Waals surface area contributed by atoms with Gasteiger partial charge in [0.05, 0.1) is 4.88 Å². The lowest BCUT2D eigenvalue weighted by Crippen LogP contribution is -1.86. The molecule has 1 aliphatic rings. The average molecular weight is 201 g/mol. The number of hydrogen-bond acceptors (Lipinski definition) is 2. The van der Waals surface area contributed by atoms with E-state index in [0.717, 1.165) is 17.8 Å². The zero-order chi connectivity index (χ0) is 9.97. The van der Waals surface area contributed by atoms with Gasteiger partial charge in [-0.2, -0.15) is 0 Å². The zero-order valence-electron chi connectivity index (χ0n) is 8.29. The van der Waals surface area contributed by atoms with Crippen LogP contribution in [0.2, 0.25) is 0 Å². The van der Waals surface area contributed by atoms with E-state index in [0.29, 0.717) is 0 Å². The summed E-state index contributed by atoms with van der Waals surface area (Å²) in [7, 11) is 0. The SMILES string of the molecule is CCc1ccc(C2=C=C=CC(C)=N2)s1. The lowest BCUT2D eigenvalue weighted by atomic mass is 10.3. The minimum Gasteiger partial charge on any atom is -0.242 e. The van der Waals surface area contributed by atoms with Gasteiger partial charge in [0.2, 0.25) is 0 Å². The number of rotatable bonds is 2. The van der Waals surface area contributed by atoms with Crippen molar-refractivity contribution in [3.63, 3.8) is 0 Å². The molecule has 0 unspecified atom stereocenters. The smallest absolute Gasteiger partial charge is 0.131 e. The molecule has 0 amide bonds. The summed E-state index contributed by atoms with van der Waals surface area (Å²) in [5, 5.41) is 0. The van der Waals surface area contributed by atoms with E-state index in [9.17, 15) is 0 Å². The van der Waals surface area contributed by atoms with Gasteiger partial charge < -0.3 is 0 Å². The third-order valence-electron chi connectivity index (χ3n) is 2.00. The highest BCUT2D eigenvalue weighted by Crippen LogP contribution is 2.25. The number of nitrogens with zero attached hydrogens (tertiary/aromatic N) is 1. The van der Waals surface area contributed by atoms with Crippen LogP contribution in [0.15, 0.2) is 34.7 Å². The monoisotopic (exact) mass is 201 g/mol.